The fraction of sp³-hybridized carbons (Fsp3) is 0.815. The molecule has 8 atom stereocenters. The number of aliphatic hydroxyl groups excluding tert-OH is 2. The van der Waals surface area contributed by atoms with Crippen molar-refractivity contribution in [3.63, 3.8) is 0 Å². The Kier molecular flexibility index (Phi) is 5.21. The lowest BCUT2D eigenvalue weighted by molar-refractivity contribution is -0.133. The van der Waals surface area contributed by atoms with Gasteiger partial charge in [0.2, 0.25) is 0 Å². The summed E-state index contributed by atoms with van der Waals surface area (Å²) in [5.41, 5.74) is 5.13. The summed E-state index contributed by atoms with van der Waals surface area (Å²) in [6.07, 6.45) is 11.0. The van der Waals surface area contributed by atoms with Crippen LogP contribution in [-0.2, 0) is 6.54 Å². The highest BCUT2D eigenvalue weighted by Crippen LogP contribution is 2.67. The van der Waals surface area contributed by atoms with E-state index in [-0.39, 0.29) is 17.6 Å². The first-order valence-electron chi connectivity index (χ1n) is 12.8. The Morgan fingerprint density at radius 3 is 2.48 bits per heavy atom. The lowest BCUT2D eigenvalue weighted by Gasteiger charge is -2.60. The van der Waals surface area contributed by atoms with Crippen LogP contribution in [0.4, 0.5) is 0 Å². The van der Waals surface area contributed by atoms with Crippen LogP contribution in [0.3, 0.4) is 0 Å². The molecule has 172 valence electrons. The van der Waals surface area contributed by atoms with E-state index in [9.17, 15) is 10.2 Å². The fourth-order valence-corrected chi connectivity index (χ4v) is 8.65. The molecule has 0 spiro atoms. The minimum absolute atomic E-state index is 0.00688. The van der Waals surface area contributed by atoms with Crippen molar-refractivity contribution in [1.82, 2.24) is 9.78 Å². The molecule has 0 bridgehead atoms. The molecule has 4 aliphatic rings. The molecule has 4 heteroatoms. The van der Waals surface area contributed by atoms with Gasteiger partial charge in [0.05, 0.1) is 17.9 Å². The summed E-state index contributed by atoms with van der Waals surface area (Å²) >= 11 is 0. The van der Waals surface area contributed by atoms with E-state index in [1.54, 1.807) is 0 Å². The zero-order chi connectivity index (χ0) is 22.1. The van der Waals surface area contributed by atoms with Crippen LogP contribution in [0.15, 0.2) is 5.57 Å². The molecule has 0 aromatic carbocycles. The second-order valence-electron chi connectivity index (χ2n) is 11.9. The highest BCUT2D eigenvalue weighted by Gasteiger charge is 2.61. The number of hydrogen-bond acceptors (Lipinski definition) is 3. The Hall–Kier alpha value is -1.13. The number of rotatable bonds is 2. The van der Waals surface area contributed by atoms with Gasteiger partial charge in [-0.25, -0.2) is 0 Å². The topological polar surface area (TPSA) is 58.3 Å². The Morgan fingerprint density at radius 1 is 1.03 bits per heavy atom. The van der Waals surface area contributed by atoms with Crippen LogP contribution in [0.5, 0.6) is 0 Å². The molecule has 4 nitrogen and oxygen atoms in total. The van der Waals surface area contributed by atoms with Gasteiger partial charge >= 0.3 is 0 Å². The predicted octanol–water partition coefficient (Wildman–Crippen LogP) is 5.28. The normalized spacial score (nSPS) is 46.0. The van der Waals surface area contributed by atoms with Gasteiger partial charge in [0.25, 0.3) is 0 Å². The van der Waals surface area contributed by atoms with Crippen molar-refractivity contribution in [1.29, 1.82) is 0 Å². The molecular weight excluding hydrogens is 384 g/mol. The standard InChI is InChI=1S/C27H42N2O2/c1-6-29-17(3)22(16(2)28-29)13-18-14-24-21-8-7-19-15-20(30)9-11-26(19,4)23(21)10-12-27(24,5)25(18)31/h13,19-21,23-25,30-31H,6-12,14-15H2,1-5H3/b18-13+. The van der Waals surface area contributed by atoms with Gasteiger partial charge in [-0.1, -0.05) is 13.8 Å². The van der Waals surface area contributed by atoms with Gasteiger partial charge in [-0.3, -0.25) is 4.68 Å². The minimum Gasteiger partial charge on any atom is -0.393 e. The number of nitrogens with zero attached hydrogens (tertiary/aromatic N) is 2. The average Bonchev–Trinajstić information content (AvgIpc) is 3.16. The second kappa shape index (κ2) is 7.45. The third-order valence-electron chi connectivity index (χ3n) is 10.6. The summed E-state index contributed by atoms with van der Waals surface area (Å²) < 4.78 is 2.08. The van der Waals surface area contributed by atoms with Crippen molar-refractivity contribution in [2.45, 2.75) is 105 Å². The monoisotopic (exact) mass is 426 g/mol. The molecule has 2 N–H and O–H groups in total. The molecule has 1 aromatic rings. The molecule has 0 saturated heterocycles. The molecular formula is C27H42N2O2. The average molecular weight is 427 g/mol. The highest BCUT2D eigenvalue weighted by atomic mass is 16.3. The van der Waals surface area contributed by atoms with Gasteiger partial charge in [0.15, 0.2) is 0 Å². The van der Waals surface area contributed by atoms with Crippen molar-refractivity contribution in [3.8, 4) is 0 Å². The van der Waals surface area contributed by atoms with Crippen LogP contribution in [0.2, 0.25) is 0 Å². The van der Waals surface area contributed by atoms with E-state index in [1.807, 2.05) is 0 Å². The van der Waals surface area contributed by atoms with Crippen LogP contribution in [-0.4, -0.2) is 32.2 Å². The van der Waals surface area contributed by atoms with E-state index in [0.29, 0.717) is 17.3 Å². The summed E-state index contributed by atoms with van der Waals surface area (Å²) in [6, 6.07) is 0. The third kappa shape index (κ3) is 3.11. The maximum atomic E-state index is 11.5. The first-order valence-corrected chi connectivity index (χ1v) is 12.8. The van der Waals surface area contributed by atoms with Gasteiger partial charge in [-0.15, -0.1) is 0 Å². The number of fused-ring (bicyclic) bond motifs is 5. The maximum Gasteiger partial charge on any atom is 0.0809 e. The molecule has 0 amide bonds. The van der Waals surface area contributed by atoms with E-state index < -0.39 is 0 Å². The van der Waals surface area contributed by atoms with Gasteiger partial charge < -0.3 is 10.2 Å². The highest BCUT2D eigenvalue weighted by molar-refractivity contribution is 5.59. The van der Waals surface area contributed by atoms with E-state index >= 15 is 0 Å². The van der Waals surface area contributed by atoms with Crippen molar-refractivity contribution in [2.75, 3.05) is 0 Å². The fourth-order valence-electron chi connectivity index (χ4n) is 8.65. The second-order valence-corrected chi connectivity index (χ2v) is 11.9. The van der Waals surface area contributed by atoms with E-state index in [2.05, 4.69) is 45.4 Å². The number of aromatic nitrogens is 2. The van der Waals surface area contributed by atoms with E-state index in [1.165, 1.54) is 42.5 Å². The summed E-state index contributed by atoms with van der Waals surface area (Å²) in [6.45, 7) is 12.2. The van der Waals surface area contributed by atoms with Crippen LogP contribution in [0, 0.1) is 48.3 Å². The molecule has 1 heterocycles. The smallest absolute Gasteiger partial charge is 0.0809 e. The molecule has 5 rings (SSSR count). The van der Waals surface area contributed by atoms with Crippen LogP contribution < -0.4 is 0 Å². The van der Waals surface area contributed by atoms with Gasteiger partial charge in [-0.2, -0.15) is 5.10 Å². The minimum atomic E-state index is -0.332. The summed E-state index contributed by atoms with van der Waals surface area (Å²) in [5.74, 6) is 2.75. The molecule has 1 aromatic heterocycles. The zero-order valence-corrected chi connectivity index (χ0v) is 20.2. The number of hydrogen-bond donors (Lipinski definition) is 2. The predicted molar refractivity (Wildman–Crippen MR) is 124 cm³/mol. The molecule has 0 aliphatic heterocycles. The van der Waals surface area contributed by atoms with Gasteiger partial charge in [-0.05, 0) is 113 Å². The van der Waals surface area contributed by atoms with Crippen LogP contribution in [0.1, 0.15) is 89.1 Å². The van der Waals surface area contributed by atoms with Gasteiger partial charge in [0.1, 0.15) is 0 Å². The van der Waals surface area contributed by atoms with Gasteiger partial charge in [0, 0.05) is 23.2 Å². The van der Waals surface area contributed by atoms with Crippen molar-refractivity contribution in [2.24, 2.45) is 34.5 Å². The molecule has 4 saturated carbocycles. The summed E-state index contributed by atoms with van der Waals surface area (Å²) in [7, 11) is 0. The zero-order valence-electron chi connectivity index (χ0n) is 20.2. The number of aryl methyl sites for hydroxylation is 2. The van der Waals surface area contributed by atoms with Crippen molar-refractivity contribution < 1.29 is 10.2 Å². The molecule has 4 fully saturated rings. The maximum absolute atomic E-state index is 11.5. The largest absolute Gasteiger partial charge is 0.393 e. The Morgan fingerprint density at radius 2 is 1.77 bits per heavy atom. The Balaban J connectivity index is 1.46. The van der Waals surface area contributed by atoms with E-state index in [0.717, 1.165) is 49.8 Å². The third-order valence-corrected chi connectivity index (χ3v) is 10.6. The lowest BCUT2D eigenvalue weighted by atomic mass is 9.45. The Labute approximate surface area is 188 Å². The van der Waals surface area contributed by atoms with Crippen LogP contribution >= 0.6 is 0 Å². The molecule has 0 radical (unpaired) electrons. The van der Waals surface area contributed by atoms with Crippen molar-refractivity contribution >= 4 is 6.08 Å². The van der Waals surface area contributed by atoms with Crippen molar-refractivity contribution in [3.05, 3.63) is 22.5 Å². The lowest BCUT2D eigenvalue weighted by Crippen LogP contribution is -2.54. The molecule has 4 aliphatic carbocycles. The quantitative estimate of drug-likeness (QED) is 0.677. The first kappa shape index (κ1) is 21.7. The summed E-state index contributed by atoms with van der Waals surface area (Å²) in [4.78, 5) is 0. The number of aliphatic hydroxyl groups is 2. The van der Waals surface area contributed by atoms with E-state index in [4.69, 9.17) is 5.10 Å². The Bertz CT molecular complexity index is 888. The van der Waals surface area contributed by atoms with Crippen LogP contribution in [0.25, 0.3) is 6.08 Å². The molecule has 8 unspecified atom stereocenters. The first-order chi connectivity index (χ1) is 14.7. The molecule has 31 heavy (non-hydrogen) atoms. The SMILES string of the molecule is CCn1nc(C)c(/C=C2\CC3C4CCC5CC(O)CCC5(C)C4CCC3(C)C2O)c1C. The summed E-state index contributed by atoms with van der Waals surface area (Å²) in [5, 5.41) is 26.5.